The van der Waals surface area contributed by atoms with E-state index in [0.29, 0.717) is 0 Å². The molecule has 0 heterocycles. The van der Waals surface area contributed by atoms with Gasteiger partial charge in [0.2, 0.25) is 0 Å². The minimum atomic E-state index is 0. The van der Waals surface area contributed by atoms with E-state index in [9.17, 15) is 0 Å². The van der Waals surface area contributed by atoms with E-state index in [1.807, 2.05) is 0 Å². The summed E-state index contributed by atoms with van der Waals surface area (Å²) < 4.78 is 0. The predicted octanol–water partition coefficient (Wildman–Crippen LogP) is 0.0263. The Labute approximate surface area is 73.5 Å². The van der Waals surface area contributed by atoms with Crippen LogP contribution in [0.25, 0.3) is 0 Å². The molecule has 0 atom stereocenters. The van der Waals surface area contributed by atoms with Gasteiger partial charge in [-0.1, -0.05) is 10.8 Å². The van der Waals surface area contributed by atoms with Gasteiger partial charge >= 0.3 is 0 Å². The summed E-state index contributed by atoms with van der Waals surface area (Å²) in [4.78, 5) is 0. The summed E-state index contributed by atoms with van der Waals surface area (Å²) >= 11 is 7.40. The van der Waals surface area contributed by atoms with Gasteiger partial charge in [0.05, 0.1) is 0 Å². The van der Waals surface area contributed by atoms with E-state index in [1.165, 1.54) is 10.8 Å². The Morgan fingerprint density at radius 2 is 1.00 bits per heavy atom. The Hall–Kier alpha value is 0.342. The monoisotopic (exact) mass is 230 g/mol. The molecular formula is C2CdN2S2-2. The molecule has 0 rings (SSSR count). The Morgan fingerprint density at radius 3 is 1.00 bits per heavy atom. The van der Waals surface area contributed by atoms with Crippen molar-refractivity contribution >= 4 is 25.3 Å². The molecule has 0 aromatic rings. The van der Waals surface area contributed by atoms with E-state index in [1.54, 1.807) is 0 Å². The molecule has 0 N–H and O–H groups in total. The van der Waals surface area contributed by atoms with E-state index in [-0.39, 0.29) is 27.3 Å². The zero-order valence-electron chi connectivity index (χ0n) is 3.42. The molecule has 0 spiro atoms. The fraction of sp³-hybridized carbons (Fsp3) is 0. The number of nitriles is 2. The van der Waals surface area contributed by atoms with Crippen molar-refractivity contribution in [1.82, 2.24) is 0 Å². The second kappa shape index (κ2) is 33.0. The topological polar surface area (TPSA) is 47.6 Å². The quantitative estimate of drug-likeness (QED) is 0.333. The Kier molecular flexibility index (Phi) is 73.8. The van der Waals surface area contributed by atoms with Crippen LogP contribution in [-0.4, -0.2) is 0 Å². The molecule has 0 bridgehead atoms. The molecule has 34 valence electrons. The molecule has 0 aliphatic rings. The average Bonchev–Trinajstić information content (AvgIpc) is 1.39. The van der Waals surface area contributed by atoms with Gasteiger partial charge in [-0.05, 0) is 0 Å². The van der Waals surface area contributed by atoms with Gasteiger partial charge in [-0.25, -0.2) is 10.5 Å². The number of rotatable bonds is 0. The summed E-state index contributed by atoms with van der Waals surface area (Å²) in [6.45, 7) is 0. The second-order valence-corrected chi connectivity index (χ2v) is 0.548. The van der Waals surface area contributed by atoms with Gasteiger partial charge in [-0.3, -0.25) is 0 Å². The molecule has 0 aliphatic heterocycles. The number of nitrogens with zero attached hydrogens (tertiary/aromatic N) is 2. The predicted molar refractivity (Wildman–Crippen MR) is 26.0 cm³/mol. The molecule has 0 radical (unpaired) electrons. The maximum atomic E-state index is 7.13. The first-order valence-corrected chi connectivity index (χ1v) is 1.67. The first-order chi connectivity index (χ1) is 2.83. The Bertz CT molecular complexity index is 68.7. The zero-order valence-corrected chi connectivity index (χ0v) is 9.09. The fourth-order valence-electron chi connectivity index (χ4n) is 0. The maximum Gasteiger partial charge on any atom is 0 e. The van der Waals surface area contributed by atoms with Crippen LogP contribution in [0, 0.1) is 21.3 Å². The van der Waals surface area contributed by atoms with E-state index >= 15 is 0 Å². The normalized spacial score (nSPS) is 2.00. The molecule has 0 aromatic heterocycles. The molecule has 7 heavy (non-hydrogen) atoms. The smallest absolute Gasteiger partial charge is 0 e. The van der Waals surface area contributed by atoms with Crippen LogP contribution >= 0.6 is 0 Å². The van der Waals surface area contributed by atoms with Crippen molar-refractivity contribution in [2.45, 2.75) is 0 Å². The number of hydrogen-bond acceptors (Lipinski definition) is 4. The van der Waals surface area contributed by atoms with Crippen LogP contribution in [0.4, 0.5) is 0 Å². The molecule has 0 amide bonds. The van der Waals surface area contributed by atoms with Crippen LogP contribution in [0.3, 0.4) is 0 Å². The summed E-state index contributed by atoms with van der Waals surface area (Å²) in [6.07, 6.45) is 0. The van der Waals surface area contributed by atoms with E-state index < -0.39 is 0 Å². The van der Waals surface area contributed by atoms with Crippen molar-refractivity contribution in [3.8, 4) is 10.8 Å². The Morgan fingerprint density at radius 1 is 1.00 bits per heavy atom. The molecule has 0 saturated heterocycles. The molecule has 2 nitrogen and oxygen atoms in total. The van der Waals surface area contributed by atoms with Crippen molar-refractivity contribution in [1.29, 1.82) is 10.5 Å². The van der Waals surface area contributed by atoms with E-state index in [2.05, 4.69) is 25.3 Å². The van der Waals surface area contributed by atoms with Crippen LogP contribution < -0.4 is 0 Å². The number of hydrogen-bond donors (Lipinski definition) is 0. The summed E-state index contributed by atoms with van der Waals surface area (Å²) in [5, 5.41) is 16.9. The zero-order chi connectivity index (χ0) is 5.41. The van der Waals surface area contributed by atoms with E-state index in [0.717, 1.165) is 0 Å². The van der Waals surface area contributed by atoms with Crippen LogP contribution in [-0.2, 0) is 52.6 Å². The molecule has 0 saturated carbocycles. The van der Waals surface area contributed by atoms with Crippen molar-refractivity contribution in [3.05, 3.63) is 0 Å². The second-order valence-electron chi connectivity index (χ2n) is 0.183. The number of thiocyanates is 2. The SMILES string of the molecule is N#C[S-].N#C[S-].[Cd]. The van der Waals surface area contributed by atoms with Gasteiger partial charge in [0.1, 0.15) is 0 Å². The summed E-state index contributed by atoms with van der Waals surface area (Å²) in [6, 6.07) is 0. The minimum Gasteiger partial charge on any atom is -0.696 e. The van der Waals surface area contributed by atoms with Crippen molar-refractivity contribution < 1.29 is 27.3 Å². The Balaban J connectivity index is -0.0000000400. The molecule has 0 fully saturated rings. The molecular weight excluding hydrogens is 229 g/mol. The van der Waals surface area contributed by atoms with Gasteiger partial charge in [0, 0.05) is 27.3 Å². The molecule has 0 aromatic carbocycles. The minimum absolute atomic E-state index is 0. The molecule has 0 aliphatic carbocycles. The van der Waals surface area contributed by atoms with Gasteiger partial charge < -0.3 is 25.3 Å². The first kappa shape index (κ1) is 15.7. The van der Waals surface area contributed by atoms with Crippen molar-refractivity contribution in [3.63, 3.8) is 0 Å². The van der Waals surface area contributed by atoms with Crippen molar-refractivity contribution in [2.75, 3.05) is 0 Å². The van der Waals surface area contributed by atoms with Crippen LogP contribution in [0.15, 0.2) is 0 Å². The third-order valence-corrected chi connectivity index (χ3v) is 0. The molecule has 0 unspecified atom stereocenters. The van der Waals surface area contributed by atoms with Crippen LogP contribution in [0.1, 0.15) is 0 Å². The fourth-order valence-corrected chi connectivity index (χ4v) is 0. The van der Waals surface area contributed by atoms with Gasteiger partial charge in [0.15, 0.2) is 0 Å². The molecule has 5 heteroatoms. The average molecular weight is 229 g/mol. The van der Waals surface area contributed by atoms with E-state index in [4.69, 9.17) is 10.5 Å². The van der Waals surface area contributed by atoms with Gasteiger partial charge in [-0.2, -0.15) is 0 Å². The third-order valence-electron chi connectivity index (χ3n) is 0. The summed E-state index contributed by atoms with van der Waals surface area (Å²) in [5.74, 6) is 0. The third kappa shape index (κ3) is 1020. The standard InChI is InChI=1S/2CHNS.Cd/c2*2-1-3;/h2*3H;/p-2. The maximum absolute atomic E-state index is 7.13. The van der Waals surface area contributed by atoms with Crippen LogP contribution in [0.5, 0.6) is 0 Å². The summed E-state index contributed by atoms with van der Waals surface area (Å²) in [5.41, 5.74) is 0. The largest absolute Gasteiger partial charge is 0.696 e. The summed E-state index contributed by atoms with van der Waals surface area (Å²) in [7, 11) is 0. The first-order valence-electron chi connectivity index (χ1n) is 0.855. The van der Waals surface area contributed by atoms with Crippen molar-refractivity contribution in [2.24, 2.45) is 0 Å². The van der Waals surface area contributed by atoms with Gasteiger partial charge in [0.25, 0.3) is 0 Å². The van der Waals surface area contributed by atoms with Crippen LogP contribution in [0.2, 0.25) is 0 Å². The van der Waals surface area contributed by atoms with Gasteiger partial charge in [-0.15, -0.1) is 0 Å².